The van der Waals surface area contributed by atoms with Gasteiger partial charge in [-0.05, 0) is 32.0 Å². The van der Waals surface area contributed by atoms with Gasteiger partial charge in [-0.15, -0.1) is 0 Å². The molecule has 16 heavy (non-hydrogen) atoms. The van der Waals surface area contributed by atoms with Gasteiger partial charge in [-0.1, -0.05) is 0 Å². The fourth-order valence-corrected chi connectivity index (χ4v) is 2.15. The van der Waals surface area contributed by atoms with E-state index in [4.69, 9.17) is 16.2 Å². The van der Waals surface area contributed by atoms with E-state index in [1.807, 2.05) is 18.2 Å². The predicted octanol–water partition coefficient (Wildman–Crippen LogP) is 1.46. The van der Waals surface area contributed by atoms with Crippen LogP contribution in [0.5, 0.6) is 0 Å². The third-order valence-corrected chi connectivity index (χ3v) is 2.86. The molecule has 0 aliphatic carbocycles. The largest absolute Gasteiger partial charge is 0.397 e. The molecule has 2 atom stereocenters. The zero-order valence-electron chi connectivity index (χ0n) is 9.81. The van der Waals surface area contributed by atoms with Gasteiger partial charge in [0.2, 0.25) is 0 Å². The average molecular weight is 221 g/mol. The van der Waals surface area contributed by atoms with E-state index in [9.17, 15) is 0 Å². The Morgan fingerprint density at radius 3 is 2.31 bits per heavy atom. The fraction of sp³-hybridized carbons (Fsp3) is 0.500. The lowest BCUT2D eigenvalue weighted by molar-refractivity contribution is -0.00521. The standard InChI is InChI=1S/C12H19N3O/c1-8-6-15(7-9(2)16-8)10-3-4-11(13)12(14)5-10/h3-5,8-9H,6-7,13-14H2,1-2H3/t8-,9-/m1/s1. The molecule has 2 rings (SSSR count). The summed E-state index contributed by atoms with van der Waals surface area (Å²) in [6.45, 7) is 5.97. The van der Waals surface area contributed by atoms with E-state index < -0.39 is 0 Å². The maximum atomic E-state index is 5.81. The van der Waals surface area contributed by atoms with E-state index in [1.165, 1.54) is 0 Å². The van der Waals surface area contributed by atoms with Gasteiger partial charge in [-0.3, -0.25) is 0 Å². The molecule has 1 aromatic carbocycles. The summed E-state index contributed by atoms with van der Waals surface area (Å²) >= 11 is 0. The Balaban J connectivity index is 2.19. The monoisotopic (exact) mass is 221 g/mol. The molecule has 0 amide bonds. The molecule has 0 bridgehead atoms. The minimum absolute atomic E-state index is 0.252. The van der Waals surface area contributed by atoms with Gasteiger partial charge in [0.1, 0.15) is 0 Å². The lowest BCUT2D eigenvalue weighted by atomic mass is 10.1. The van der Waals surface area contributed by atoms with Gasteiger partial charge >= 0.3 is 0 Å². The second-order valence-electron chi connectivity index (χ2n) is 4.48. The van der Waals surface area contributed by atoms with E-state index in [1.54, 1.807) is 0 Å². The summed E-state index contributed by atoms with van der Waals surface area (Å²) in [5, 5.41) is 0. The summed E-state index contributed by atoms with van der Waals surface area (Å²) in [5.41, 5.74) is 13.9. The highest BCUT2D eigenvalue weighted by Crippen LogP contribution is 2.25. The SMILES string of the molecule is C[C@@H]1CN(c2ccc(N)c(N)c2)C[C@@H](C)O1. The average Bonchev–Trinajstić information content (AvgIpc) is 2.20. The van der Waals surface area contributed by atoms with E-state index in [0.717, 1.165) is 18.8 Å². The van der Waals surface area contributed by atoms with Crippen molar-refractivity contribution in [3.63, 3.8) is 0 Å². The number of hydrogen-bond donors (Lipinski definition) is 2. The summed E-state index contributed by atoms with van der Waals surface area (Å²) in [5.74, 6) is 0. The number of hydrogen-bond acceptors (Lipinski definition) is 4. The first-order valence-electron chi connectivity index (χ1n) is 5.61. The number of nitrogens with zero attached hydrogens (tertiary/aromatic N) is 1. The van der Waals surface area contributed by atoms with Crippen molar-refractivity contribution >= 4 is 17.1 Å². The molecule has 4 N–H and O–H groups in total. The maximum Gasteiger partial charge on any atom is 0.0726 e. The molecule has 1 heterocycles. The third kappa shape index (κ3) is 2.22. The first-order valence-corrected chi connectivity index (χ1v) is 5.61. The van der Waals surface area contributed by atoms with Gasteiger partial charge in [0.15, 0.2) is 0 Å². The third-order valence-electron chi connectivity index (χ3n) is 2.86. The first kappa shape index (κ1) is 11.1. The van der Waals surface area contributed by atoms with Crippen LogP contribution in [0.1, 0.15) is 13.8 Å². The molecule has 0 spiro atoms. The zero-order chi connectivity index (χ0) is 11.7. The second-order valence-corrected chi connectivity index (χ2v) is 4.48. The molecule has 1 aliphatic rings. The number of benzene rings is 1. The Kier molecular flexibility index (Phi) is 2.92. The number of nitrogens with two attached hydrogens (primary N) is 2. The van der Waals surface area contributed by atoms with Gasteiger partial charge in [0, 0.05) is 18.8 Å². The normalized spacial score (nSPS) is 25.8. The number of anilines is 3. The summed E-state index contributed by atoms with van der Waals surface area (Å²) < 4.78 is 5.69. The van der Waals surface area contributed by atoms with Gasteiger partial charge < -0.3 is 21.1 Å². The summed E-state index contributed by atoms with van der Waals surface area (Å²) in [6.07, 6.45) is 0.505. The predicted molar refractivity (Wildman–Crippen MR) is 67.5 cm³/mol. The number of ether oxygens (including phenoxy) is 1. The quantitative estimate of drug-likeness (QED) is 0.705. The minimum Gasteiger partial charge on any atom is -0.397 e. The summed E-state index contributed by atoms with van der Waals surface area (Å²) in [6, 6.07) is 5.80. The smallest absolute Gasteiger partial charge is 0.0726 e. The molecular formula is C12H19N3O. The van der Waals surface area contributed by atoms with Gasteiger partial charge in [0.05, 0.1) is 23.6 Å². The lowest BCUT2D eigenvalue weighted by Gasteiger charge is -2.37. The topological polar surface area (TPSA) is 64.5 Å². The van der Waals surface area contributed by atoms with Crippen LogP contribution in [0.2, 0.25) is 0 Å². The number of morpholine rings is 1. The highest BCUT2D eigenvalue weighted by Gasteiger charge is 2.22. The molecule has 1 aromatic rings. The first-order chi connectivity index (χ1) is 7.56. The van der Waals surface area contributed by atoms with Crippen LogP contribution in [-0.4, -0.2) is 25.3 Å². The molecule has 0 unspecified atom stereocenters. The molecule has 4 heteroatoms. The van der Waals surface area contributed by atoms with Gasteiger partial charge in [-0.25, -0.2) is 0 Å². The molecule has 0 aromatic heterocycles. The molecule has 1 aliphatic heterocycles. The molecule has 0 saturated carbocycles. The van der Waals surface area contributed by atoms with E-state index in [-0.39, 0.29) is 12.2 Å². The van der Waals surface area contributed by atoms with Crippen molar-refractivity contribution in [2.75, 3.05) is 29.5 Å². The Morgan fingerprint density at radius 1 is 1.12 bits per heavy atom. The molecule has 88 valence electrons. The van der Waals surface area contributed by atoms with Crippen LogP contribution in [0.4, 0.5) is 17.1 Å². The van der Waals surface area contributed by atoms with Crippen LogP contribution in [0, 0.1) is 0 Å². The molecule has 1 saturated heterocycles. The fourth-order valence-electron chi connectivity index (χ4n) is 2.15. The molecule has 0 radical (unpaired) electrons. The minimum atomic E-state index is 0.252. The van der Waals surface area contributed by atoms with Crippen molar-refractivity contribution in [2.24, 2.45) is 0 Å². The van der Waals surface area contributed by atoms with Crippen molar-refractivity contribution < 1.29 is 4.74 Å². The van der Waals surface area contributed by atoms with E-state index in [2.05, 4.69) is 18.7 Å². The van der Waals surface area contributed by atoms with Crippen molar-refractivity contribution in [1.29, 1.82) is 0 Å². The Morgan fingerprint density at radius 2 is 1.75 bits per heavy atom. The summed E-state index contributed by atoms with van der Waals surface area (Å²) in [7, 11) is 0. The second kappa shape index (κ2) is 4.22. The van der Waals surface area contributed by atoms with Gasteiger partial charge in [-0.2, -0.15) is 0 Å². The zero-order valence-corrected chi connectivity index (χ0v) is 9.81. The molecule has 1 fully saturated rings. The Hall–Kier alpha value is -1.42. The Labute approximate surface area is 96.2 Å². The van der Waals surface area contributed by atoms with Crippen molar-refractivity contribution in [2.45, 2.75) is 26.1 Å². The lowest BCUT2D eigenvalue weighted by Crippen LogP contribution is -2.45. The summed E-state index contributed by atoms with van der Waals surface area (Å²) in [4.78, 5) is 2.29. The number of rotatable bonds is 1. The van der Waals surface area contributed by atoms with E-state index in [0.29, 0.717) is 11.4 Å². The van der Waals surface area contributed by atoms with Gasteiger partial charge in [0.25, 0.3) is 0 Å². The highest BCUT2D eigenvalue weighted by molar-refractivity contribution is 5.69. The van der Waals surface area contributed by atoms with Crippen LogP contribution in [0.25, 0.3) is 0 Å². The number of nitrogen functional groups attached to an aromatic ring is 2. The van der Waals surface area contributed by atoms with Crippen LogP contribution in [0.15, 0.2) is 18.2 Å². The van der Waals surface area contributed by atoms with Crippen molar-refractivity contribution in [3.05, 3.63) is 18.2 Å². The van der Waals surface area contributed by atoms with Crippen LogP contribution < -0.4 is 16.4 Å². The van der Waals surface area contributed by atoms with E-state index >= 15 is 0 Å². The molecule has 4 nitrogen and oxygen atoms in total. The molecular weight excluding hydrogens is 202 g/mol. The van der Waals surface area contributed by atoms with Crippen molar-refractivity contribution in [3.8, 4) is 0 Å². The van der Waals surface area contributed by atoms with Crippen LogP contribution in [0.3, 0.4) is 0 Å². The Bertz CT molecular complexity index is 371. The highest BCUT2D eigenvalue weighted by atomic mass is 16.5. The van der Waals surface area contributed by atoms with Crippen molar-refractivity contribution in [1.82, 2.24) is 0 Å². The maximum absolute atomic E-state index is 5.81. The van der Waals surface area contributed by atoms with Crippen LogP contribution in [-0.2, 0) is 4.74 Å². The van der Waals surface area contributed by atoms with Crippen LogP contribution >= 0.6 is 0 Å².